The van der Waals surface area contributed by atoms with Crippen molar-refractivity contribution in [2.45, 2.75) is 26.4 Å². The molecule has 7 heteroatoms. The second kappa shape index (κ2) is 6.95. The number of carbonyl (C=O) groups excluding carboxylic acids is 2. The highest BCUT2D eigenvalue weighted by Crippen LogP contribution is 2.23. The Morgan fingerprint density at radius 2 is 2.09 bits per heavy atom. The zero-order chi connectivity index (χ0) is 17.0. The van der Waals surface area contributed by atoms with Crippen LogP contribution in [-0.4, -0.2) is 24.5 Å². The van der Waals surface area contributed by atoms with Crippen molar-refractivity contribution in [3.63, 3.8) is 0 Å². The number of hydrogen-bond donors (Lipinski definition) is 1. The second-order valence-corrected chi connectivity index (χ2v) is 4.95. The van der Waals surface area contributed by atoms with Gasteiger partial charge in [0.2, 0.25) is 0 Å². The van der Waals surface area contributed by atoms with Crippen molar-refractivity contribution in [1.29, 1.82) is 0 Å². The maximum Gasteiger partial charge on any atom is 0.336 e. The van der Waals surface area contributed by atoms with Gasteiger partial charge in [-0.2, -0.15) is 0 Å². The summed E-state index contributed by atoms with van der Waals surface area (Å²) in [6.07, 6.45) is -0.225. The van der Waals surface area contributed by atoms with Crippen molar-refractivity contribution in [1.82, 2.24) is 5.32 Å². The van der Waals surface area contributed by atoms with Gasteiger partial charge >= 0.3 is 5.63 Å². The molecular weight excluding hydrogens is 302 g/mol. The van der Waals surface area contributed by atoms with Crippen molar-refractivity contribution < 1.29 is 23.8 Å². The molecule has 0 bridgehead atoms. The quantitative estimate of drug-likeness (QED) is 0.750. The van der Waals surface area contributed by atoms with Gasteiger partial charge in [-0.15, -0.1) is 0 Å². The lowest BCUT2D eigenvalue weighted by atomic mass is 10.1. The van der Waals surface area contributed by atoms with E-state index in [2.05, 4.69) is 5.32 Å². The summed E-state index contributed by atoms with van der Waals surface area (Å²) in [5.41, 5.74) is 0.781. The number of fused-ring (bicyclic) bond motifs is 1. The fourth-order valence-electron chi connectivity index (χ4n) is 2.14. The number of carboxylic acids is 1. The lowest BCUT2D eigenvalue weighted by Gasteiger charge is -2.15. The highest BCUT2D eigenvalue weighted by molar-refractivity contribution is 5.84. The summed E-state index contributed by atoms with van der Waals surface area (Å²) in [5.74, 6) is -1.63. The molecule has 1 atom stereocenters. The van der Waals surface area contributed by atoms with Crippen LogP contribution in [0.4, 0.5) is 0 Å². The first-order chi connectivity index (χ1) is 10.9. The van der Waals surface area contributed by atoms with Crippen molar-refractivity contribution in [2.24, 2.45) is 0 Å². The number of carboxylic acid groups (broad SMARTS) is 1. The van der Waals surface area contributed by atoms with Crippen LogP contribution in [0.2, 0.25) is 0 Å². The van der Waals surface area contributed by atoms with Gasteiger partial charge in [-0.3, -0.25) is 4.79 Å². The van der Waals surface area contributed by atoms with Gasteiger partial charge in [0.05, 0.1) is 12.5 Å². The number of aryl methyl sites for hydroxylation is 1. The average Bonchev–Trinajstić information content (AvgIpc) is 2.51. The van der Waals surface area contributed by atoms with E-state index in [0.717, 1.165) is 10.9 Å². The average molecular weight is 318 g/mol. The van der Waals surface area contributed by atoms with E-state index in [-0.39, 0.29) is 0 Å². The number of carbonyl (C=O) groups is 2. The van der Waals surface area contributed by atoms with Crippen LogP contribution in [0.1, 0.15) is 19.4 Å². The summed E-state index contributed by atoms with van der Waals surface area (Å²) in [6, 6.07) is 6.37. The van der Waals surface area contributed by atoms with Crippen molar-refractivity contribution in [3.8, 4) is 5.75 Å². The Hall–Kier alpha value is -2.83. The fourth-order valence-corrected chi connectivity index (χ4v) is 2.14. The van der Waals surface area contributed by atoms with E-state index in [4.69, 9.17) is 9.15 Å². The predicted molar refractivity (Wildman–Crippen MR) is 80.0 cm³/mol. The molecule has 1 heterocycles. The molecule has 0 unspecified atom stereocenters. The summed E-state index contributed by atoms with van der Waals surface area (Å²) < 4.78 is 10.6. The van der Waals surface area contributed by atoms with Crippen molar-refractivity contribution in [3.05, 3.63) is 40.2 Å². The Labute approximate surface area is 131 Å². The lowest BCUT2D eigenvalue weighted by Crippen LogP contribution is -2.43. The third-order valence-electron chi connectivity index (χ3n) is 3.27. The van der Waals surface area contributed by atoms with Crippen LogP contribution in [0.15, 0.2) is 33.5 Å². The Bertz CT molecular complexity index is 795. The Morgan fingerprint density at radius 3 is 2.74 bits per heavy atom. The molecule has 122 valence electrons. The minimum Gasteiger partial charge on any atom is -0.548 e. The number of benzene rings is 1. The largest absolute Gasteiger partial charge is 0.548 e. The fraction of sp³-hybridized carbons (Fsp3) is 0.312. The van der Waals surface area contributed by atoms with Gasteiger partial charge < -0.3 is 24.4 Å². The van der Waals surface area contributed by atoms with E-state index < -0.39 is 30.2 Å². The molecule has 0 aliphatic rings. The zero-order valence-corrected chi connectivity index (χ0v) is 12.8. The summed E-state index contributed by atoms with van der Waals surface area (Å²) in [6.45, 7) is 2.83. The SMILES string of the molecule is CCc1cc(=O)oc2cc(O[C@@H](C)C(=O)NCC(=O)[O-])ccc12. The molecule has 23 heavy (non-hydrogen) atoms. The Kier molecular flexibility index (Phi) is 5.00. The number of rotatable bonds is 6. The third kappa shape index (κ3) is 4.09. The third-order valence-corrected chi connectivity index (χ3v) is 3.27. The van der Waals surface area contributed by atoms with E-state index in [0.29, 0.717) is 17.8 Å². The summed E-state index contributed by atoms with van der Waals surface area (Å²) in [7, 11) is 0. The van der Waals surface area contributed by atoms with E-state index in [1.807, 2.05) is 6.92 Å². The van der Waals surface area contributed by atoms with E-state index in [9.17, 15) is 19.5 Å². The van der Waals surface area contributed by atoms with Crippen LogP contribution in [0.3, 0.4) is 0 Å². The van der Waals surface area contributed by atoms with Gasteiger partial charge in [0.1, 0.15) is 11.3 Å². The molecule has 0 saturated carbocycles. The Morgan fingerprint density at radius 1 is 1.35 bits per heavy atom. The van der Waals surface area contributed by atoms with Crippen LogP contribution in [-0.2, 0) is 16.0 Å². The molecule has 1 N–H and O–H groups in total. The molecular formula is C16H16NO6-. The van der Waals surface area contributed by atoms with Crippen LogP contribution < -0.4 is 20.8 Å². The molecule has 7 nitrogen and oxygen atoms in total. The number of hydrogen-bond acceptors (Lipinski definition) is 6. The molecule has 2 aromatic rings. The molecule has 0 saturated heterocycles. The first-order valence-corrected chi connectivity index (χ1v) is 7.11. The topological polar surface area (TPSA) is 109 Å². The molecule has 1 aromatic carbocycles. The lowest BCUT2D eigenvalue weighted by molar-refractivity contribution is -0.304. The monoisotopic (exact) mass is 318 g/mol. The molecule has 0 aliphatic heterocycles. The standard InChI is InChI=1S/C16H17NO6/c1-3-10-6-15(20)23-13-7-11(4-5-12(10)13)22-9(2)16(21)17-8-14(18)19/h4-7,9H,3,8H2,1-2H3,(H,17,21)(H,18,19)/p-1/t9-/m0/s1. The normalized spacial score (nSPS) is 11.9. The number of ether oxygens (including phenoxy) is 1. The molecule has 0 radical (unpaired) electrons. The minimum absolute atomic E-state index is 0.338. The maximum absolute atomic E-state index is 11.7. The van der Waals surface area contributed by atoms with Gasteiger partial charge in [-0.25, -0.2) is 4.79 Å². The molecule has 1 amide bonds. The molecule has 2 rings (SSSR count). The first-order valence-electron chi connectivity index (χ1n) is 7.11. The van der Waals surface area contributed by atoms with Gasteiger partial charge in [-0.05, 0) is 31.0 Å². The zero-order valence-electron chi connectivity index (χ0n) is 12.8. The predicted octanol–water partition coefficient (Wildman–Crippen LogP) is -0.0112. The summed E-state index contributed by atoms with van der Waals surface area (Å²) >= 11 is 0. The number of amides is 1. The highest BCUT2D eigenvalue weighted by Gasteiger charge is 2.15. The van der Waals surface area contributed by atoms with Crippen molar-refractivity contribution >= 4 is 22.8 Å². The second-order valence-electron chi connectivity index (χ2n) is 4.95. The van der Waals surface area contributed by atoms with Crippen molar-refractivity contribution in [2.75, 3.05) is 6.54 Å². The van der Waals surface area contributed by atoms with Gasteiger partial charge in [0.15, 0.2) is 6.10 Å². The van der Waals surface area contributed by atoms with Crippen LogP contribution in [0.5, 0.6) is 5.75 Å². The smallest absolute Gasteiger partial charge is 0.336 e. The number of nitrogens with one attached hydrogen (secondary N) is 1. The minimum atomic E-state index is -1.38. The summed E-state index contributed by atoms with van der Waals surface area (Å²) in [4.78, 5) is 33.5. The molecule has 1 aromatic heterocycles. The van der Waals surface area contributed by atoms with Gasteiger partial charge in [0, 0.05) is 17.5 Å². The van der Waals surface area contributed by atoms with Gasteiger partial charge in [0.25, 0.3) is 5.91 Å². The number of aliphatic carboxylic acids is 1. The van der Waals surface area contributed by atoms with E-state index in [1.165, 1.54) is 19.1 Å². The first kappa shape index (κ1) is 16.5. The summed E-state index contributed by atoms with van der Waals surface area (Å²) in [5, 5.41) is 13.3. The van der Waals surface area contributed by atoms with Gasteiger partial charge in [-0.1, -0.05) is 6.92 Å². The maximum atomic E-state index is 11.7. The van der Waals surface area contributed by atoms with E-state index in [1.54, 1.807) is 12.1 Å². The molecule has 0 fully saturated rings. The van der Waals surface area contributed by atoms with Crippen LogP contribution in [0, 0.1) is 0 Å². The highest BCUT2D eigenvalue weighted by atomic mass is 16.5. The van der Waals surface area contributed by atoms with Crippen LogP contribution >= 0.6 is 0 Å². The van der Waals surface area contributed by atoms with E-state index >= 15 is 0 Å². The molecule has 0 spiro atoms. The Balaban J connectivity index is 2.19. The molecule has 0 aliphatic carbocycles. The van der Waals surface area contributed by atoms with Crippen LogP contribution in [0.25, 0.3) is 11.0 Å².